The summed E-state index contributed by atoms with van der Waals surface area (Å²) in [7, 11) is 0. The highest BCUT2D eigenvalue weighted by Crippen LogP contribution is 2.14. The molecule has 0 radical (unpaired) electrons. The average molecular weight is 239 g/mol. The first-order valence-electron chi connectivity index (χ1n) is 5.91. The van der Waals surface area contributed by atoms with Gasteiger partial charge < -0.3 is 5.32 Å². The van der Waals surface area contributed by atoms with E-state index < -0.39 is 0 Å². The van der Waals surface area contributed by atoms with Crippen molar-refractivity contribution in [3.63, 3.8) is 0 Å². The van der Waals surface area contributed by atoms with Gasteiger partial charge in [0.05, 0.1) is 0 Å². The highest BCUT2D eigenvalue weighted by molar-refractivity contribution is 7.99. The molecule has 90 valence electrons. The summed E-state index contributed by atoms with van der Waals surface area (Å²) in [5.74, 6) is 1.04. The van der Waals surface area contributed by atoms with Gasteiger partial charge in [-0.3, -0.25) is 0 Å². The summed E-state index contributed by atoms with van der Waals surface area (Å²) in [5.41, 5.74) is 1.11. The predicted molar refractivity (Wildman–Crippen MR) is 69.9 cm³/mol. The Morgan fingerprint density at radius 1 is 1.31 bits per heavy atom. The molecule has 0 aliphatic carbocycles. The van der Waals surface area contributed by atoms with E-state index in [1.807, 2.05) is 19.3 Å². The van der Waals surface area contributed by atoms with Crippen LogP contribution in [0.15, 0.2) is 17.6 Å². The monoisotopic (exact) mass is 239 g/mol. The average Bonchev–Trinajstić information content (AvgIpc) is 2.32. The van der Waals surface area contributed by atoms with Crippen LogP contribution in [-0.4, -0.2) is 28.3 Å². The zero-order chi connectivity index (χ0) is 11.8. The highest BCUT2D eigenvalue weighted by Gasteiger charge is 2.06. The molecule has 0 aliphatic rings. The van der Waals surface area contributed by atoms with Crippen LogP contribution in [-0.2, 0) is 0 Å². The Morgan fingerprint density at radius 2 is 2.00 bits per heavy atom. The molecule has 3 nitrogen and oxygen atoms in total. The standard InChI is InChI=1S/C12H21N3S/c1-4-6-13-11(5-2)9-16-12-14-7-10(3)8-15-12/h7-8,11,13H,4-6,9H2,1-3H3. The van der Waals surface area contributed by atoms with Crippen molar-refractivity contribution in [3.05, 3.63) is 18.0 Å². The fourth-order valence-electron chi connectivity index (χ4n) is 1.30. The third kappa shape index (κ3) is 4.94. The molecule has 0 aromatic carbocycles. The smallest absolute Gasteiger partial charge is 0.187 e. The molecule has 4 heteroatoms. The topological polar surface area (TPSA) is 37.8 Å². The van der Waals surface area contributed by atoms with Crippen LogP contribution >= 0.6 is 11.8 Å². The summed E-state index contributed by atoms with van der Waals surface area (Å²) >= 11 is 1.73. The van der Waals surface area contributed by atoms with E-state index in [-0.39, 0.29) is 0 Å². The Hall–Kier alpha value is -0.610. The van der Waals surface area contributed by atoms with Crippen LogP contribution in [0.3, 0.4) is 0 Å². The molecule has 16 heavy (non-hydrogen) atoms. The van der Waals surface area contributed by atoms with Crippen LogP contribution in [0.5, 0.6) is 0 Å². The fraction of sp³-hybridized carbons (Fsp3) is 0.667. The molecular weight excluding hydrogens is 218 g/mol. The van der Waals surface area contributed by atoms with E-state index in [0.29, 0.717) is 6.04 Å². The maximum atomic E-state index is 4.29. The van der Waals surface area contributed by atoms with Gasteiger partial charge >= 0.3 is 0 Å². The summed E-state index contributed by atoms with van der Waals surface area (Å²) < 4.78 is 0. The molecule has 0 spiro atoms. The van der Waals surface area contributed by atoms with Crippen molar-refractivity contribution in [2.75, 3.05) is 12.3 Å². The van der Waals surface area contributed by atoms with Crippen LogP contribution in [0.1, 0.15) is 32.3 Å². The van der Waals surface area contributed by atoms with E-state index in [1.165, 1.54) is 6.42 Å². The van der Waals surface area contributed by atoms with Gasteiger partial charge in [-0.05, 0) is 31.9 Å². The van der Waals surface area contributed by atoms with Gasteiger partial charge in [0, 0.05) is 24.2 Å². The van der Waals surface area contributed by atoms with E-state index in [2.05, 4.69) is 29.1 Å². The maximum Gasteiger partial charge on any atom is 0.187 e. The quantitative estimate of drug-likeness (QED) is 0.586. The van der Waals surface area contributed by atoms with Crippen LogP contribution in [0.25, 0.3) is 0 Å². The normalized spacial score (nSPS) is 12.7. The van der Waals surface area contributed by atoms with Gasteiger partial charge in [-0.15, -0.1) is 0 Å². The lowest BCUT2D eigenvalue weighted by atomic mass is 10.2. The van der Waals surface area contributed by atoms with Crippen LogP contribution < -0.4 is 5.32 Å². The van der Waals surface area contributed by atoms with E-state index in [0.717, 1.165) is 29.4 Å². The van der Waals surface area contributed by atoms with E-state index in [9.17, 15) is 0 Å². The first-order valence-corrected chi connectivity index (χ1v) is 6.89. The molecule has 0 bridgehead atoms. The molecule has 1 aromatic heterocycles. The number of aromatic nitrogens is 2. The van der Waals surface area contributed by atoms with Crippen LogP contribution in [0.4, 0.5) is 0 Å². The third-order valence-corrected chi connectivity index (χ3v) is 3.38. The number of thioether (sulfide) groups is 1. The van der Waals surface area contributed by atoms with Crippen LogP contribution in [0, 0.1) is 6.92 Å². The molecule has 1 aromatic rings. The number of aryl methyl sites for hydroxylation is 1. The van der Waals surface area contributed by atoms with Crippen molar-refractivity contribution in [1.82, 2.24) is 15.3 Å². The minimum absolute atomic E-state index is 0.565. The summed E-state index contributed by atoms with van der Waals surface area (Å²) in [6, 6.07) is 0.565. The van der Waals surface area contributed by atoms with Crippen molar-refractivity contribution >= 4 is 11.8 Å². The van der Waals surface area contributed by atoms with Gasteiger partial charge in [-0.25, -0.2) is 9.97 Å². The first-order chi connectivity index (χ1) is 7.76. The zero-order valence-corrected chi connectivity index (χ0v) is 11.2. The third-order valence-electron chi connectivity index (χ3n) is 2.35. The Labute approximate surface area is 102 Å². The first kappa shape index (κ1) is 13.5. The summed E-state index contributed by atoms with van der Waals surface area (Å²) in [5, 5.41) is 4.40. The number of nitrogens with zero attached hydrogens (tertiary/aromatic N) is 2. The van der Waals surface area contributed by atoms with E-state index >= 15 is 0 Å². The Bertz CT molecular complexity index is 287. The molecule has 0 amide bonds. The largest absolute Gasteiger partial charge is 0.313 e. The molecule has 0 fully saturated rings. The maximum absolute atomic E-state index is 4.29. The molecular formula is C12H21N3S. The number of hydrogen-bond donors (Lipinski definition) is 1. The van der Waals surface area contributed by atoms with Gasteiger partial charge in [-0.2, -0.15) is 0 Å². The molecule has 1 N–H and O–H groups in total. The van der Waals surface area contributed by atoms with Crippen molar-refractivity contribution < 1.29 is 0 Å². The second kappa shape index (κ2) is 7.63. The second-order valence-electron chi connectivity index (χ2n) is 3.91. The lowest BCUT2D eigenvalue weighted by molar-refractivity contribution is 0.539. The van der Waals surface area contributed by atoms with Gasteiger partial charge in [0.2, 0.25) is 0 Å². The molecule has 0 saturated carbocycles. The SMILES string of the molecule is CCCNC(CC)CSc1ncc(C)cn1. The van der Waals surface area contributed by atoms with Crippen molar-refractivity contribution in [1.29, 1.82) is 0 Å². The van der Waals surface area contributed by atoms with Crippen molar-refractivity contribution in [2.24, 2.45) is 0 Å². The van der Waals surface area contributed by atoms with E-state index in [1.54, 1.807) is 11.8 Å². The van der Waals surface area contributed by atoms with E-state index in [4.69, 9.17) is 0 Å². The molecule has 1 rings (SSSR count). The Morgan fingerprint density at radius 3 is 2.56 bits per heavy atom. The van der Waals surface area contributed by atoms with Gasteiger partial charge in [-0.1, -0.05) is 25.6 Å². The predicted octanol–water partition coefficient (Wildman–Crippen LogP) is 2.66. The Balaban J connectivity index is 2.34. The molecule has 0 saturated heterocycles. The minimum atomic E-state index is 0.565. The second-order valence-corrected chi connectivity index (χ2v) is 4.90. The van der Waals surface area contributed by atoms with Crippen molar-refractivity contribution in [2.45, 2.75) is 44.8 Å². The molecule has 1 unspecified atom stereocenters. The zero-order valence-electron chi connectivity index (χ0n) is 10.4. The summed E-state index contributed by atoms with van der Waals surface area (Å²) in [6.45, 7) is 7.50. The number of hydrogen-bond acceptors (Lipinski definition) is 4. The Kier molecular flexibility index (Phi) is 6.42. The fourth-order valence-corrected chi connectivity index (χ4v) is 2.26. The van der Waals surface area contributed by atoms with Gasteiger partial charge in [0.25, 0.3) is 0 Å². The highest BCUT2D eigenvalue weighted by atomic mass is 32.2. The summed E-state index contributed by atoms with van der Waals surface area (Å²) in [6.07, 6.45) is 6.08. The molecule has 1 atom stereocenters. The molecule has 0 aliphatic heterocycles. The molecule has 1 heterocycles. The van der Waals surface area contributed by atoms with Crippen molar-refractivity contribution in [3.8, 4) is 0 Å². The number of rotatable bonds is 7. The summed E-state index contributed by atoms with van der Waals surface area (Å²) in [4.78, 5) is 8.58. The number of nitrogens with one attached hydrogen (secondary N) is 1. The van der Waals surface area contributed by atoms with Gasteiger partial charge in [0.15, 0.2) is 5.16 Å². The minimum Gasteiger partial charge on any atom is -0.313 e. The van der Waals surface area contributed by atoms with Crippen LogP contribution in [0.2, 0.25) is 0 Å². The lowest BCUT2D eigenvalue weighted by Gasteiger charge is -2.15. The lowest BCUT2D eigenvalue weighted by Crippen LogP contribution is -2.31. The van der Waals surface area contributed by atoms with Gasteiger partial charge in [0.1, 0.15) is 0 Å².